The Balaban J connectivity index is 1.97. The number of amides is 1. The second-order valence-electron chi connectivity index (χ2n) is 6.38. The topological polar surface area (TPSA) is 66.8 Å². The third-order valence-corrected chi connectivity index (χ3v) is 4.89. The summed E-state index contributed by atoms with van der Waals surface area (Å²) in [7, 11) is 0. The van der Waals surface area contributed by atoms with Gasteiger partial charge in [0.1, 0.15) is 0 Å². The van der Waals surface area contributed by atoms with Crippen molar-refractivity contribution >= 4 is 11.9 Å². The Morgan fingerprint density at radius 3 is 2.57 bits per heavy atom. The number of carbonyl (C=O) groups excluding carboxylic acids is 1. The third kappa shape index (κ3) is 3.96. The zero-order chi connectivity index (χ0) is 15.3. The van der Waals surface area contributed by atoms with Crippen LogP contribution in [0.1, 0.15) is 58.3 Å². The Bertz CT molecular complexity index is 374. The molecule has 1 amide bonds. The molecule has 2 aliphatic rings. The third-order valence-electron chi connectivity index (χ3n) is 4.89. The van der Waals surface area contributed by atoms with E-state index in [1.54, 1.807) is 0 Å². The molecule has 1 aliphatic carbocycles. The number of aliphatic carboxylic acids is 1. The molecule has 1 atom stereocenters. The molecule has 5 nitrogen and oxygen atoms in total. The van der Waals surface area contributed by atoms with Crippen LogP contribution in [0.3, 0.4) is 0 Å². The van der Waals surface area contributed by atoms with E-state index >= 15 is 0 Å². The fraction of sp³-hybridized carbons (Fsp3) is 0.875. The Morgan fingerprint density at radius 2 is 1.95 bits per heavy atom. The lowest BCUT2D eigenvalue weighted by molar-refractivity contribution is -0.156. The number of hydrogen-bond acceptors (Lipinski definition) is 3. The normalized spacial score (nSPS) is 25.6. The zero-order valence-electron chi connectivity index (χ0n) is 13.0. The van der Waals surface area contributed by atoms with E-state index in [-0.39, 0.29) is 18.4 Å². The number of piperidine rings is 1. The lowest BCUT2D eigenvalue weighted by Gasteiger charge is -2.37. The minimum atomic E-state index is -0.826. The largest absolute Gasteiger partial charge is 0.481 e. The number of ether oxygens (including phenoxy) is 1. The van der Waals surface area contributed by atoms with Crippen molar-refractivity contribution in [2.75, 3.05) is 19.7 Å². The Morgan fingerprint density at radius 1 is 1.24 bits per heavy atom. The van der Waals surface area contributed by atoms with Crippen molar-refractivity contribution in [2.24, 2.45) is 5.41 Å². The first-order chi connectivity index (χ1) is 10.1. The summed E-state index contributed by atoms with van der Waals surface area (Å²) in [6.45, 7) is 3.97. The van der Waals surface area contributed by atoms with Crippen LogP contribution in [0.15, 0.2) is 0 Å². The van der Waals surface area contributed by atoms with Crippen LogP contribution in [0.2, 0.25) is 0 Å². The van der Waals surface area contributed by atoms with Gasteiger partial charge in [0.05, 0.1) is 11.5 Å². The van der Waals surface area contributed by atoms with Crippen molar-refractivity contribution < 1.29 is 19.4 Å². The van der Waals surface area contributed by atoms with Crippen molar-refractivity contribution in [3.63, 3.8) is 0 Å². The Labute approximate surface area is 126 Å². The van der Waals surface area contributed by atoms with E-state index in [1.807, 2.05) is 11.8 Å². The van der Waals surface area contributed by atoms with Gasteiger partial charge in [-0.3, -0.25) is 9.59 Å². The van der Waals surface area contributed by atoms with Gasteiger partial charge in [-0.05, 0) is 32.6 Å². The van der Waals surface area contributed by atoms with Crippen LogP contribution >= 0.6 is 0 Å². The lowest BCUT2D eigenvalue weighted by atomic mass is 9.71. The number of carboxylic acid groups (broad SMARTS) is 1. The van der Waals surface area contributed by atoms with E-state index in [9.17, 15) is 14.7 Å². The van der Waals surface area contributed by atoms with Crippen LogP contribution < -0.4 is 0 Å². The summed E-state index contributed by atoms with van der Waals surface area (Å²) in [6.07, 6.45) is 6.38. The highest BCUT2D eigenvalue weighted by Gasteiger charge is 2.42. The molecule has 0 aromatic heterocycles. The molecule has 1 N–H and O–H groups in total. The number of carbonyl (C=O) groups is 2. The standard InChI is InChI=1S/C16H27NO4/c1-2-21-13-7-6-10-17(12-13)14(18)11-16(15(19)20)8-4-3-5-9-16/h13H,2-12H2,1H3,(H,19,20). The summed E-state index contributed by atoms with van der Waals surface area (Å²) in [6, 6.07) is 0. The predicted molar refractivity (Wildman–Crippen MR) is 79.0 cm³/mol. The van der Waals surface area contributed by atoms with Gasteiger partial charge >= 0.3 is 5.97 Å². The molecule has 1 saturated carbocycles. The number of hydrogen-bond donors (Lipinski definition) is 1. The van der Waals surface area contributed by atoms with Crippen LogP contribution in [-0.2, 0) is 14.3 Å². The highest BCUT2D eigenvalue weighted by molar-refractivity contribution is 5.85. The maximum Gasteiger partial charge on any atom is 0.310 e. The maximum absolute atomic E-state index is 12.5. The van der Waals surface area contributed by atoms with Crippen LogP contribution in [0.4, 0.5) is 0 Å². The monoisotopic (exact) mass is 297 g/mol. The van der Waals surface area contributed by atoms with Gasteiger partial charge in [0.15, 0.2) is 0 Å². The molecule has 0 spiro atoms. The Hall–Kier alpha value is -1.10. The predicted octanol–water partition coefficient (Wildman–Crippen LogP) is 2.44. The summed E-state index contributed by atoms with van der Waals surface area (Å²) >= 11 is 0. The van der Waals surface area contributed by atoms with E-state index in [1.165, 1.54) is 0 Å². The fourth-order valence-electron chi connectivity index (χ4n) is 3.63. The smallest absolute Gasteiger partial charge is 0.310 e. The average molecular weight is 297 g/mol. The first kappa shape index (κ1) is 16.3. The number of carboxylic acids is 1. The van der Waals surface area contributed by atoms with Gasteiger partial charge in [-0.2, -0.15) is 0 Å². The first-order valence-corrected chi connectivity index (χ1v) is 8.20. The molecule has 2 rings (SSSR count). The van der Waals surface area contributed by atoms with Gasteiger partial charge < -0.3 is 14.7 Å². The molecule has 0 radical (unpaired) electrons. The average Bonchev–Trinajstić information content (AvgIpc) is 2.48. The fourth-order valence-corrected chi connectivity index (χ4v) is 3.63. The van der Waals surface area contributed by atoms with E-state index in [0.717, 1.165) is 38.6 Å². The Kier molecular flexibility index (Phi) is 5.62. The van der Waals surface area contributed by atoms with Gasteiger partial charge in [0, 0.05) is 26.1 Å². The van der Waals surface area contributed by atoms with Crippen LogP contribution in [0, 0.1) is 5.41 Å². The minimum Gasteiger partial charge on any atom is -0.481 e. The second-order valence-corrected chi connectivity index (χ2v) is 6.38. The van der Waals surface area contributed by atoms with Crippen molar-refractivity contribution in [1.82, 2.24) is 4.90 Å². The van der Waals surface area contributed by atoms with E-state index in [0.29, 0.717) is 26.0 Å². The SMILES string of the molecule is CCOC1CCCN(C(=O)CC2(C(=O)O)CCCCC2)C1. The van der Waals surface area contributed by atoms with Crippen LogP contribution in [-0.4, -0.2) is 47.7 Å². The zero-order valence-corrected chi connectivity index (χ0v) is 13.0. The molecule has 0 aromatic rings. The molecule has 2 fully saturated rings. The lowest BCUT2D eigenvalue weighted by Crippen LogP contribution is -2.46. The summed E-state index contributed by atoms with van der Waals surface area (Å²) in [5.41, 5.74) is -0.826. The van der Waals surface area contributed by atoms with Crippen LogP contribution in [0.25, 0.3) is 0 Å². The summed E-state index contributed by atoms with van der Waals surface area (Å²) in [4.78, 5) is 26.0. The molecule has 1 aliphatic heterocycles. The second kappa shape index (κ2) is 7.25. The molecular formula is C16H27NO4. The molecule has 21 heavy (non-hydrogen) atoms. The van der Waals surface area contributed by atoms with Gasteiger partial charge in [-0.1, -0.05) is 19.3 Å². The van der Waals surface area contributed by atoms with Crippen molar-refractivity contribution in [2.45, 2.75) is 64.4 Å². The van der Waals surface area contributed by atoms with Gasteiger partial charge in [-0.25, -0.2) is 0 Å². The maximum atomic E-state index is 12.5. The minimum absolute atomic E-state index is 0.0105. The molecule has 1 saturated heterocycles. The van der Waals surface area contributed by atoms with Gasteiger partial charge in [-0.15, -0.1) is 0 Å². The van der Waals surface area contributed by atoms with E-state index in [4.69, 9.17) is 4.74 Å². The molecule has 0 bridgehead atoms. The van der Waals surface area contributed by atoms with Crippen molar-refractivity contribution in [3.05, 3.63) is 0 Å². The van der Waals surface area contributed by atoms with Gasteiger partial charge in [0.25, 0.3) is 0 Å². The van der Waals surface area contributed by atoms with Crippen molar-refractivity contribution in [1.29, 1.82) is 0 Å². The molecule has 120 valence electrons. The molecule has 5 heteroatoms. The highest BCUT2D eigenvalue weighted by atomic mass is 16.5. The molecule has 0 aromatic carbocycles. The quantitative estimate of drug-likeness (QED) is 0.846. The van der Waals surface area contributed by atoms with Gasteiger partial charge in [0.2, 0.25) is 5.91 Å². The summed E-state index contributed by atoms with van der Waals surface area (Å²) in [5, 5.41) is 9.58. The van der Waals surface area contributed by atoms with Crippen molar-refractivity contribution in [3.8, 4) is 0 Å². The van der Waals surface area contributed by atoms with Crippen LogP contribution in [0.5, 0.6) is 0 Å². The first-order valence-electron chi connectivity index (χ1n) is 8.20. The number of likely N-dealkylation sites (tertiary alicyclic amines) is 1. The summed E-state index contributed by atoms with van der Waals surface area (Å²) < 4.78 is 5.62. The molecular weight excluding hydrogens is 270 g/mol. The highest BCUT2D eigenvalue weighted by Crippen LogP contribution is 2.40. The number of rotatable bonds is 5. The summed E-state index contributed by atoms with van der Waals surface area (Å²) in [5.74, 6) is -0.808. The van der Waals surface area contributed by atoms with E-state index in [2.05, 4.69) is 0 Å². The van der Waals surface area contributed by atoms with E-state index < -0.39 is 11.4 Å². The molecule has 1 heterocycles. The molecule has 1 unspecified atom stereocenters. The number of nitrogens with zero attached hydrogens (tertiary/aromatic N) is 1.